The smallest absolute Gasteiger partial charge is 0.136 e. The second-order valence-electron chi connectivity index (χ2n) is 3.67. The Kier molecular flexibility index (Phi) is 2.42. The van der Waals surface area contributed by atoms with Crippen LogP contribution in [0, 0.1) is 13.8 Å². The highest BCUT2D eigenvalue weighted by atomic mass is 16.3. The van der Waals surface area contributed by atoms with E-state index in [1.165, 1.54) is 5.56 Å². The largest absolute Gasteiger partial charge is 0.506 e. The summed E-state index contributed by atoms with van der Waals surface area (Å²) in [5, 5.41) is 9.38. The van der Waals surface area contributed by atoms with Crippen molar-refractivity contribution in [2.45, 2.75) is 13.8 Å². The third-order valence-electron chi connectivity index (χ3n) is 2.37. The summed E-state index contributed by atoms with van der Waals surface area (Å²) < 4.78 is 0. The van der Waals surface area contributed by atoms with Gasteiger partial charge in [-0.05, 0) is 32.0 Å². The second kappa shape index (κ2) is 3.73. The summed E-state index contributed by atoms with van der Waals surface area (Å²) >= 11 is 0. The maximum atomic E-state index is 9.38. The van der Waals surface area contributed by atoms with Crippen molar-refractivity contribution in [3.05, 3.63) is 47.7 Å². The summed E-state index contributed by atoms with van der Waals surface area (Å²) in [4.78, 5) is 4.33. The molecule has 2 rings (SSSR count). The number of benzene rings is 1. The lowest BCUT2D eigenvalue weighted by molar-refractivity contribution is 0.468. The molecule has 0 radical (unpaired) electrons. The molecule has 0 unspecified atom stereocenters. The van der Waals surface area contributed by atoms with Crippen molar-refractivity contribution < 1.29 is 5.11 Å². The summed E-state index contributed by atoms with van der Waals surface area (Å²) in [6.07, 6.45) is 0. The molecule has 0 atom stereocenters. The minimum absolute atomic E-state index is 0.242. The van der Waals surface area contributed by atoms with Gasteiger partial charge in [0.05, 0.1) is 11.4 Å². The van der Waals surface area contributed by atoms with Gasteiger partial charge < -0.3 is 5.11 Å². The van der Waals surface area contributed by atoms with Crippen LogP contribution in [-0.4, -0.2) is 10.1 Å². The molecule has 1 aromatic carbocycles. The van der Waals surface area contributed by atoms with Crippen LogP contribution in [-0.2, 0) is 0 Å². The first kappa shape index (κ1) is 9.71. The second-order valence-corrected chi connectivity index (χ2v) is 3.67. The Balaban J connectivity index is 2.50. The van der Waals surface area contributed by atoms with E-state index in [1.807, 2.05) is 18.2 Å². The van der Waals surface area contributed by atoms with Gasteiger partial charge in [0.1, 0.15) is 5.75 Å². The lowest BCUT2D eigenvalue weighted by Gasteiger charge is -2.04. The Morgan fingerprint density at radius 2 is 1.87 bits per heavy atom. The topological polar surface area (TPSA) is 33.1 Å². The van der Waals surface area contributed by atoms with E-state index in [9.17, 15) is 5.11 Å². The fourth-order valence-corrected chi connectivity index (χ4v) is 1.52. The maximum Gasteiger partial charge on any atom is 0.136 e. The van der Waals surface area contributed by atoms with E-state index in [2.05, 4.69) is 24.0 Å². The number of nitrogens with zero attached hydrogens (tertiary/aromatic N) is 1. The number of aromatic nitrogens is 1. The monoisotopic (exact) mass is 199 g/mol. The first-order chi connectivity index (χ1) is 7.16. The third kappa shape index (κ3) is 1.99. The maximum absolute atomic E-state index is 9.38. The lowest BCUT2D eigenvalue weighted by Crippen LogP contribution is -1.87. The molecule has 2 heteroatoms. The molecule has 1 heterocycles. The molecular weight excluding hydrogens is 186 g/mol. The van der Waals surface area contributed by atoms with Crippen LogP contribution < -0.4 is 0 Å². The lowest BCUT2D eigenvalue weighted by atomic mass is 10.1. The fraction of sp³-hybridized carbons (Fsp3) is 0.154. The average Bonchev–Trinajstić information content (AvgIpc) is 2.22. The molecule has 1 aromatic heterocycles. The molecule has 0 aliphatic carbocycles. The molecule has 0 aliphatic heterocycles. The number of hydrogen-bond acceptors (Lipinski definition) is 2. The fourth-order valence-electron chi connectivity index (χ4n) is 1.52. The highest BCUT2D eigenvalue weighted by molar-refractivity contribution is 5.60. The zero-order valence-corrected chi connectivity index (χ0v) is 8.86. The van der Waals surface area contributed by atoms with Gasteiger partial charge in [0, 0.05) is 5.56 Å². The first-order valence-corrected chi connectivity index (χ1v) is 4.90. The predicted octanol–water partition coefficient (Wildman–Crippen LogP) is 3.07. The van der Waals surface area contributed by atoms with Crippen molar-refractivity contribution in [3.63, 3.8) is 0 Å². The number of rotatable bonds is 1. The molecule has 0 fully saturated rings. The van der Waals surface area contributed by atoms with E-state index in [0.717, 1.165) is 11.3 Å². The van der Waals surface area contributed by atoms with Gasteiger partial charge in [-0.15, -0.1) is 0 Å². The van der Waals surface area contributed by atoms with Gasteiger partial charge in [-0.1, -0.05) is 23.8 Å². The zero-order chi connectivity index (χ0) is 10.8. The van der Waals surface area contributed by atoms with Gasteiger partial charge in [0.2, 0.25) is 0 Å². The number of aromatic hydroxyl groups is 1. The first-order valence-electron chi connectivity index (χ1n) is 4.90. The van der Waals surface area contributed by atoms with Crippen LogP contribution >= 0.6 is 0 Å². The summed E-state index contributed by atoms with van der Waals surface area (Å²) in [5.41, 5.74) is 3.85. The number of aryl methyl sites for hydroxylation is 2. The normalized spacial score (nSPS) is 10.3. The SMILES string of the molecule is Cc1cccc(-c2ccc(O)c(C)n2)c1. The van der Waals surface area contributed by atoms with E-state index < -0.39 is 0 Å². The highest BCUT2D eigenvalue weighted by Gasteiger charge is 2.02. The van der Waals surface area contributed by atoms with Crippen LogP contribution in [0.15, 0.2) is 36.4 Å². The van der Waals surface area contributed by atoms with Crippen molar-refractivity contribution >= 4 is 0 Å². The van der Waals surface area contributed by atoms with Crippen molar-refractivity contribution in [3.8, 4) is 17.0 Å². The highest BCUT2D eigenvalue weighted by Crippen LogP contribution is 2.22. The average molecular weight is 199 g/mol. The molecule has 15 heavy (non-hydrogen) atoms. The molecule has 0 spiro atoms. The van der Waals surface area contributed by atoms with Crippen LogP contribution in [0.25, 0.3) is 11.3 Å². The van der Waals surface area contributed by atoms with Gasteiger partial charge >= 0.3 is 0 Å². The van der Waals surface area contributed by atoms with E-state index in [-0.39, 0.29) is 5.75 Å². The van der Waals surface area contributed by atoms with Gasteiger partial charge in [0.15, 0.2) is 0 Å². The van der Waals surface area contributed by atoms with E-state index in [0.29, 0.717) is 5.69 Å². The Labute approximate surface area is 89.2 Å². The zero-order valence-electron chi connectivity index (χ0n) is 8.86. The van der Waals surface area contributed by atoms with Crippen molar-refractivity contribution in [1.82, 2.24) is 4.98 Å². The summed E-state index contributed by atoms with van der Waals surface area (Å²) in [5.74, 6) is 0.242. The molecule has 0 saturated carbocycles. The molecule has 2 nitrogen and oxygen atoms in total. The molecular formula is C13H13NO. The van der Waals surface area contributed by atoms with Gasteiger partial charge in [0.25, 0.3) is 0 Å². The molecule has 0 amide bonds. The van der Waals surface area contributed by atoms with Crippen molar-refractivity contribution in [1.29, 1.82) is 0 Å². The van der Waals surface area contributed by atoms with Gasteiger partial charge in [-0.25, -0.2) is 4.98 Å². The molecule has 0 saturated heterocycles. The van der Waals surface area contributed by atoms with Gasteiger partial charge in [-0.2, -0.15) is 0 Å². The quantitative estimate of drug-likeness (QED) is 0.765. The summed E-state index contributed by atoms with van der Waals surface area (Å²) in [7, 11) is 0. The predicted molar refractivity (Wildman–Crippen MR) is 60.8 cm³/mol. The Bertz CT molecular complexity index is 492. The van der Waals surface area contributed by atoms with E-state index >= 15 is 0 Å². The van der Waals surface area contributed by atoms with Crippen LogP contribution in [0.5, 0.6) is 5.75 Å². The molecule has 2 aromatic rings. The Morgan fingerprint density at radius 1 is 1.07 bits per heavy atom. The molecule has 76 valence electrons. The van der Waals surface area contributed by atoms with Crippen LogP contribution in [0.2, 0.25) is 0 Å². The molecule has 0 bridgehead atoms. The van der Waals surface area contributed by atoms with E-state index in [4.69, 9.17) is 0 Å². The number of pyridine rings is 1. The Morgan fingerprint density at radius 3 is 2.53 bits per heavy atom. The summed E-state index contributed by atoms with van der Waals surface area (Å²) in [6.45, 7) is 3.85. The summed E-state index contributed by atoms with van der Waals surface area (Å²) in [6, 6.07) is 11.7. The van der Waals surface area contributed by atoms with Crippen molar-refractivity contribution in [2.75, 3.05) is 0 Å². The van der Waals surface area contributed by atoms with Crippen LogP contribution in [0.1, 0.15) is 11.3 Å². The third-order valence-corrected chi connectivity index (χ3v) is 2.37. The molecule has 1 N–H and O–H groups in total. The minimum atomic E-state index is 0.242. The van der Waals surface area contributed by atoms with Crippen LogP contribution in [0.4, 0.5) is 0 Å². The standard InChI is InChI=1S/C13H13NO/c1-9-4-3-5-11(8-9)12-6-7-13(15)10(2)14-12/h3-8,15H,1-2H3. The number of hydrogen-bond donors (Lipinski definition) is 1. The van der Waals surface area contributed by atoms with Crippen molar-refractivity contribution in [2.24, 2.45) is 0 Å². The minimum Gasteiger partial charge on any atom is -0.506 e. The van der Waals surface area contributed by atoms with E-state index in [1.54, 1.807) is 13.0 Å². The van der Waals surface area contributed by atoms with Gasteiger partial charge in [-0.3, -0.25) is 0 Å². The molecule has 0 aliphatic rings. The van der Waals surface area contributed by atoms with Crippen LogP contribution in [0.3, 0.4) is 0 Å². The Hall–Kier alpha value is -1.83.